The zero-order chi connectivity index (χ0) is 9.72. The van der Waals surface area contributed by atoms with E-state index in [0.717, 1.165) is 0 Å². The minimum Gasteiger partial charge on any atom is -0.465 e. The molecule has 2 amide bonds. The Morgan fingerprint density at radius 1 is 1.50 bits per heavy atom. The lowest BCUT2D eigenvalue weighted by Crippen LogP contribution is -2.41. The Morgan fingerprint density at radius 2 is 2.00 bits per heavy atom. The smallest absolute Gasteiger partial charge is 0.404 e. The van der Waals surface area contributed by atoms with Gasteiger partial charge < -0.3 is 20.4 Å². The van der Waals surface area contributed by atoms with Crippen molar-refractivity contribution in [3.63, 3.8) is 0 Å². The third-order valence-electron chi connectivity index (χ3n) is 1.17. The van der Waals surface area contributed by atoms with Gasteiger partial charge in [-0.15, -0.1) is 0 Å². The number of aliphatic hydroxyl groups excluding tert-OH is 1. The number of hydrogen-bond acceptors (Lipinski definition) is 3. The zero-order valence-corrected chi connectivity index (χ0v) is 6.94. The molecule has 12 heavy (non-hydrogen) atoms. The number of likely N-dealkylation sites (N-methyl/N-ethyl adjacent to an activating group) is 1. The SMILES string of the molecule is CN(C)C(=O)C(O)CNC(=O)O. The molecular weight excluding hydrogens is 164 g/mol. The molecule has 0 aromatic rings. The third kappa shape index (κ3) is 3.77. The molecule has 0 aliphatic rings. The van der Waals surface area contributed by atoms with Gasteiger partial charge in [-0.05, 0) is 0 Å². The third-order valence-corrected chi connectivity index (χ3v) is 1.17. The Morgan fingerprint density at radius 3 is 2.33 bits per heavy atom. The summed E-state index contributed by atoms with van der Waals surface area (Å²) in [6, 6.07) is 0. The summed E-state index contributed by atoms with van der Waals surface area (Å²) in [6.45, 7) is -0.285. The molecule has 1 atom stereocenters. The molecule has 0 rings (SSSR count). The standard InChI is InChI=1S/C6H12N2O4/c1-8(2)5(10)4(9)3-7-6(11)12/h4,7,9H,3H2,1-2H3,(H,11,12). The number of hydrogen-bond donors (Lipinski definition) is 3. The van der Waals surface area contributed by atoms with E-state index in [2.05, 4.69) is 0 Å². The highest BCUT2D eigenvalue weighted by atomic mass is 16.4. The number of aliphatic hydroxyl groups is 1. The van der Waals surface area contributed by atoms with Crippen molar-refractivity contribution < 1.29 is 19.8 Å². The largest absolute Gasteiger partial charge is 0.465 e. The number of nitrogens with zero attached hydrogens (tertiary/aromatic N) is 1. The second-order valence-corrected chi connectivity index (χ2v) is 2.43. The van der Waals surface area contributed by atoms with Gasteiger partial charge in [0.15, 0.2) is 0 Å². The molecule has 0 aliphatic heterocycles. The van der Waals surface area contributed by atoms with Crippen molar-refractivity contribution in [1.29, 1.82) is 0 Å². The van der Waals surface area contributed by atoms with Gasteiger partial charge in [-0.25, -0.2) is 4.79 Å². The Balaban J connectivity index is 3.79. The predicted octanol–water partition coefficient (Wildman–Crippen LogP) is -1.30. The molecule has 0 aromatic heterocycles. The molecule has 0 spiro atoms. The van der Waals surface area contributed by atoms with Gasteiger partial charge in [-0.1, -0.05) is 0 Å². The average molecular weight is 176 g/mol. The van der Waals surface area contributed by atoms with Crippen LogP contribution in [0.4, 0.5) is 4.79 Å². The topological polar surface area (TPSA) is 89.9 Å². The predicted molar refractivity (Wildman–Crippen MR) is 40.7 cm³/mol. The van der Waals surface area contributed by atoms with Crippen LogP contribution in [0.25, 0.3) is 0 Å². The number of carboxylic acid groups (broad SMARTS) is 1. The van der Waals surface area contributed by atoms with E-state index < -0.39 is 18.1 Å². The van der Waals surface area contributed by atoms with Crippen LogP contribution in [0.1, 0.15) is 0 Å². The van der Waals surface area contributed by atoms with Gasteiger partial charge in [0.2, 0.25) is 0 Å². The van der Waals surface area contributed by atoms with Crippen LogP contribution in [-0.4, -0.2) is 53.9 Å². The van der Waals surface area contributed by atoms with Crippen molar-refractivity contribution in [1.82, 2.24) is 10.2 Å². The lowest BCUT2D eigenvalue weighted by molar-refractivity contribution is -0.137. The molecule has 0 saturated carbocycles. The van der Waals surface area contributed by atoms with E-state index in [1.54, 1.807) is 0 Å². The maximum absolute atomic E-state index is 10.9. The van der Waals surface area contributed by atoms with Gasteiger partial charge >= 0.3 is 6.09 Å². The number of nitrogens with one attached hydrogen (secondary N) is 1. The summed E-state index contributed by atoms with van der Waals surface area (Å²) in [6.07, 6.45) is -2.57. The van der Waals surface area contributed by atoms with Crippen LogP contribution < -0.4 is 5.32 Å². The first-order valence-electron chi connectivity index (χ1n) is 3.31. The fourth-order valence-electron chi connectivity index (χ4n) is 0.569. The number of carbonyl (C=O) groups is 2. The van der Waals surface area contributed by atoms with Crippen LogP contribution in [0, 0.1) is 0 Å². The number of carbonyl (C=O) groups excluding carboxylic acids is 1. The zero-order valence-electron chi connectivity index (χ0n) is 6.94. The van der Waals surface area contributed by atoms with Crippen LogP contribution in [0.15, 0.2) is 0 Å². The summed E-state index contributed by atoms with van der Waals surface area (Å²) < 4.78 is 0. The normalized spacial score (nSPS) is 11.9. The molecule has 0 heterocycles. The maximum atomic E-state index is 10.9. The first-order valence-corrected chi connectivity index (χ1v) is 3.31. The van der Waals surface area contributed by atoms with Crippen LogP contribution in [0.3, 0.4) is 0 Å². The van der Waals surface area contributed by atoms with E-state index in [-0.39, 0.29) is 6.54 Å². The molecule has 0 radical (unpaired) electrons. The number of rotatable bonds is 3. The van der Waals surface area contributed by atoms with E-state index in [1.165, 1.54) is 19.0 Å². The van der Waals surface area contributed by atoms with E-state index in [4.69, 9.17) is 10.2 Å². The molecule has 0 saturated heterocycles. The van der Waals surface area contributed by atoms with Crippen molar-refractivity contribution >= 4 is 12.0 Å². The molecule has 3 N–H and O–H groups in total. The minimum atomic E-state index is -1.31. The molecule has 0 aromatic carbocycles. The van der Waals surface area contributed by atoms with Gasteiger partial charge in [0.25, 0.3) is 5.91 Å². The molecule has 0 fully saturated rings. The van der Waals surface area contributed by atoms with Crippen LogP contribution in [0.2, 0.25) is 0 Å². The highest BCUT2D eigenvalue weighted by Crippen LogP contribution is 1.87. The van der Waals surface area contributed by atoms with Gasteiger partial charge in [-0.3, -0.25) is 4.79 Å². The van der Waals surface area contributed by atoms with Gasteiger partial charge in [0, 0.05) is 14.1 Å². The van der Waals surface area contributed by atoms with Gasteiger partial charge in [0.1, 0.15) is 6.10 Å². The first kappa shape index (κ1) is 10.7. The summed E-state index contributed by atoms with van der Waals surface area (Å²) >= 11 is 0. The fraction of sp³-hybridized carbons (Fsp3) is 0.667. The Kier molecular flexibility index (Phi) is 4.06. The van der Waals surface area contributed by atoms with Crippen molar-refractivity contribution in [2.24, 2.45) is 0 Å². The van der Waals surface area contributed by atoms with Gasteiger partial charge in [0.05, 0.1) is 6.54 Å². The lowest BCUT2D eigenvalue weighted by atomic mass is 10.3. The molecule has 0 aliphatic carbocycles. The van der Waals surface area contributed by atoms with E-state index in [0.29, 0.717) is 0 Å². The Labute approximate surface area is 69.8 Å². The molecule has 1 unspecified atom stereocenters. The lowest BCUT2D eigenvalue weighted by Gasteiger charge is -2.15. The quantitative estimate of drug-likeness (QED) is 0.498. The first-order chi connectivity index (χ1) is 5.45. The van der Waals surface area contributed by atoms with Crippen molar-refractivity contribution in [2.75, 3.05) is 20.6 Å². The van der Waals surface area contributed by atoms with Crippen molar-refractivity contribution in [3.8, 4) is 0 Å². The molecule has 6 heteroatoms. The highest BCUT2D eigenvalue weighted by Gasteiger charge is 2.16. The Hall–Kier alpha value is -1.30. The maximum Gasteiger partial charge on any atom is 0.404 e. The summed E-state index contributed by atoms with van der Waals surface area (Å²) in [5.41, 5.74) is 0. The Bertz CT molecular complexity index is 180. The second kappa shape index (κ2) is 4.55. The fourth-order valence-corrected chi connectivity index (χ4v) is 0.569. The van der Waals surface area contributed by atoms with E-state index >= 15 is 0 Å². The second-order valence-electron chi connectivity index (χ2n) is 2.43. The van der Waals surface area contributed by atoms with Gasteiger partial charge in [-0.2, -0.15) is 0 Å². The monoisotopic (exact) mass is 176 g/mol. The summed E-state index contributed by atoms with van der Waals surface area (Å²) in [4.78, 5) is 22.0. The van der Waals surface area contributed by atoms with Crippen LogP contribution in [0.5, 0.6) is 0 Å². The molecule has 70 valence electrons. The van der Waals surface area contributed by atoms with Crippen molar-refractivity contribution in [2.45, 2.75) is 6.10 Å². The minimum absolute atomic E-state index is 0.285. The number of amides is 2. The van der Waals surface area contributed by atoms with Crippen molar-refractivity contribution in [3.05, 3.63) is 0 Å². The summed E-state index contributed by atoms with van der Waals surface area (Å²) in [5, 5.41) is 19.1. The molecule has 6 nitrogen and oxygen atoms in total. The van der Waals surface area contributed by atoms with E-state index in [9.17, 15) is 9.59 Å². The average Bonchev–Trinajstić information content (AvgIpc) is 1.98. The van der Waals surface area contributed by atoms with Crippen LogP contribution >= 0.6 is 0 Å². The molecular formula is C6H12N2O4. The molecule has 0 bridgehead atoms. The summed E-state index contributed by atoms with van der Waals surface area (Å²) in [7, 11) is 2.96. The highest BCUT2D eigenvalue weighted by molar-refractivity contribution is 5.80. The van der Waals surface area contributed by atoms with E-state index in [1.807, 2.05) is 5.32 Å². The van der Waals surface area contributed by atoms with Crippen LogP contribution in [-0.2, 0) is 4.79 Å². The summed E-state index contributed by atoms with van der Waals surface area (Å²) in [5.74, 6) is -0.524.